The highest BCUT2D eigenvalue weighted by Gasteiger charge is 2.42. The van der Waals surface area contributed by atoms with Crippen molar-refractivity contribution in [3.63, 3.8) is 0 Å². The molecule has 1 saturated carbocycles. The van der Waals surface area contributed by atoms with Gasteiger partial charge in [0.25, 0.3) is 5.91 Å². The third kappa shape index (κ3) is 3.42. The maximum atomic E-state index is 12.9. The van der Waals surface area contributed by atoms with Gasteiger partial charge < -0.3 is 9.73 Å². The Morgan fingerprint density at radius 1 is 1.39 bits per heavy atom. The van der Waals surface area contributed by atoms with Gasteiger partial charge in [-0.1, -0.05) is 6.58 Å². The molecule has 1 amide bonds. The van der Waals surface area contributed by atoms with Gasteiger partial charge in [-0.15, -0.1) is 0 Å². The first-order valence-corrected chi connectivity index (χ1v) is 9.33. The van der Waals surface area contributed by atoms with Crippen LogP contribution >= 0.6 is 0 Å². The minimum atomic E-state index is -0.235. The highest BCUT2D eigenvalue weighted by molar-refractivity contribution is 5.97. The number of aromatic nitrogens is 2. The molecule has 2 fully saturated rings. The van der Waals surface area contributed by atoms with Crippen LogP contribution in [0.5, 0.6) is 0 Å². The Hall–Kier alpha value is -3.02. The number of carbonyl (C=O) groups excluding carboxylic acids is 1. The van der Waals surface area contributed by atoms with Crippen LogP contribution in [0.15, 0.2) is 35.8 Å². The quantitative estimate of drug-likeness (QED) is 0.746. The van der Waals surface area contributed by atoms with Crippen molar-refractivity contribution in [2.75, 3.05) is 0 Å². The number of nitrogens with zero attached hydrogens (tertiary/aromatic N) is 3. The Balaban J connectivity index is 1.49. The minimum Gasteiger partial charge on any atom is -0.447 e. The number of pyridine rings is 1. The smallest absolute Gasteiger partial charge is 0.270 e. The molecule has 0 bridgehead atoms. The summed E-state index contributed by atoms with van der Waals surface area (Å²) in [6.45, 7) is 5.71. The predicted molar refractivity (Wildman–Crippen MR) is 102 cm³/mol. The van der Waals surface area contributed by atoms with Crippen molar-refractivity contribution >= 4 is 11.5 Å². The second-order valence-electron chi connectivity index (χ2n) is 7.44. The number of hydrogen-bond donors (Lipinski definition) is 3. The van der Waals surface area contributed by atoms with Gasteiger partial charge in [-0.2, -0.15) is 5.26 Å². The molecule has 2 aromatic rings. The average molecular weight is 378 g/mol. The number of nitriles is 1. The van der Waals surface area contributed by atoms with Crippen LogP contribution in [0.1, 0.15) is 59.6 Å². The van der Waals surface area contributed by atoms with E-state index in [2.05, 4.69) is 32.7 Å². The van der Waals surface area contributed by atoms with E-state index in [0.717, 1.165) is 25.0 Å². The molecule has 3 heterocycles. The zero-order chi connectivity index (χ0) is 19.7. The highest BCUT2D eigenvalue weighted by atomic mass is 16.3. The van der Waals surface area contributed by atoms with Crippen LogP contribution in [0.25, 0.3) is 5.57 Å². The molecule has 4 atom stereocenters. The largest absolute Gasteiger partial charge is 0.447 e. The Morgan fingerprint density at radius 2 is 2.25 bits per heavy atom. The molecule has 28 heavy (non-hydrogen) atoms. The molecule has 1 aliphatic heterocycles. The fraction of sp³-hybridized carbons (Fsp3) is 0.400. The van der Waals surface area contributed by atoms with Gasteiger partial charge in [0, 0.05) is 29.8 Å². The molecule has 144 valence electrons. The first kappa shape index (κ1) is 18.3. The van der Waals surface area contributed by atoms with E-state index < -0.39 is 0 Å². The molecule has 8 heteroatoms. The van der Waals surface area contributed by atoms with E-state index in [1.165, 1.54) is 12.6 Å². The number of hydrazine groups is 1. The van der Waals surface area contributed by atoms with Gasteiger partial charge in [-0.05, 0) is 37.8 Å². The fourth-order valence-corrected chi connectivity index (χ4v) is 4.14. The van der Waals surface area contributed by atoms with E-state index in [0.29, 0.717) is 34.4 Å². The normalized spacial score (nSPS) is 26.3. The third-order valence-corrected chi connectivity index (χ3v) is 5.54. The highest BCUT2D eigenvalue weighted by Crippen LogP contribution is 2.38. The van der Waals surface area contributed by atoms with E-state index in [9.17, 15) is 4.79 Å². The number of carbonyl (C=O) groups is 1. The molecular weight excluding hydrogens is 356 g/mol. The van der Waals surface area contributed by atoms with Gasteiger partial charge in [0.1, 0.15) is 17.5 Å². The molecule has 0 aromatic carbocycles. The first-order valence-electron chi connectivity index (χ1n) is 9.33. The Morgan fingerprint density at radius 3 is 2.96 bits per heavy atom. The molecule has 1 aliphatic carbocycles. The van der Waals surface area contributed by atoms with Gasteiger partial charge in [0.05, 0.1) is 17.8 Å². The van der Waals surface area contributed by atoms with E-state index >= 15 is 0 Å². The second kappa shape index (κ2) is 7.54. The Labute approximate surface area is 163 Å². The zero-order valence-electron chi connectivity index (χ0n) is 15.6. The van der Waals surface area contributed by atoms with Crippen molar-refractivity contribution in [1.29, 1.82) is 5.26 Å². The lowest BCUT2D eigenvalue weighted by atomic mass is 9.78. The number of oxazole rings is 1. The molecule has 2 aromatic heterocycles. The van der Waals surface area contributed by atoms with Crippen molar-refractivity contribution in [2.45, 2.75) is 44.3 Å². The Kier molecular flexibility index (Phi) is 4.94. The van der Waals surface area contributed by atoms with Gasteiger partial charge in [-0.25, -0.2) is 15.4 Å². The lowest BCUT2D eigenvalue weighted by Crippen LogP contribution is -2.44. The lowest BCUT2D eigenvalue weighted by molar-refractivity contribution is 0.0909. The molecule has 4 rings (SSSR count). The van der Waals surface area contributed by atoms with Crippen molar-refractivity contribution in [3.05, 3.63) is 54.0 Å². The predicted octanol–water partition coefficient (Wildman–Crippen LogP) is 2.09. The second-order valence-corrected chi connectivity index (χ2v) is 7.44. The van der Waals surface area contributed by atoms with Crippen molar-refractivity contribution in [1.82, 2.24) is 26.1 Å². The topological polar surface area (TPSA) is 116 Å². The summed E-state index contributed by atoms with van der Waals surface area (Å²) in [6.07, 6.45) is 7.22. The lowest BCUT2D eigenvalue weighted by Gasteiger charge is -2.33. The van der Waals surface area contributed by atoms with Crippen LogP contribution < -0.4 is 16.2 Å². The van der Waals surface area contributed by atoms with Crippen molar-refractivity contribution < 1.29 is 9.21 Å². The molecule has 0 radical (unpaired) electrons. The van der Waals surface area contributed by atoms with Crippen LogP contribution in [0, 0.1) is 17.2 Å². The van der Waals surface area contributed by atoms with Crippen LogP contribution in [0.3, 0.4) is 0 Å². The van der Waals surface area contributed by atoms with E-state index in [4.69, 9.17) is 9.68 Å². The number of fused-ring (bicyclic) bond motifs is 1. The Bertz CT molecular complexity index is 933. The standard InChI is InChI=1S/C20H22N6O2/c1-11(2)14-5-12(7-21)8-23-19(14)20(27)24-13-3-4-16-15(6-13)18(26-25-16)17-9-22-10-28-17/h5,8-10,13,15-16,18,25-26H,1,3-4,6H2,2H3,(H,24,27). The SMILES string of the molecule is C=C(C)c1cc(C#N)cnc1C(=O)NC1CCC2NNC(c3cnco3)C2C1. The van der Waals surface area contributed by atoms with E-state index in [1.54, 1.807) is 19.2 Å². The van der Waals surface area contributed by atoms with Crippen LogP contribution in [-0.2, 0) is 0 Å². The van der Waals surface area contributed by atoms with E-state index in [-0.39, 0.29) is 18.0 Å². The van der Waals surface area contributed by atoms with Crippen molar-refractivity contribution in [3.8, 4) is 6.07 Å². The van der Waals surface area contributed by atoms with Gasteiger partial charge in [-0.3, -0.25) is 10.2 Å². The first-order chi connectivity index (χ1) is 13.6. The molecule has 4 unspecified atom stereocenters. The summed E-state index contributed by atoms with van der Waals surface area (Å²) in [6, 6.07) is 4.12. The van der Waals surface area contributed by atoms with Gasteiger partial charge in [0.2, 0.25) is 0 Å². The fourth-order valence-electron chi connectivity index (χ4n) is 4.14. The van der Waals surface area contributed by atoms with Gasteiger partial charge >= 0.3 is 0 Å². The number of amides is 1. The zero-order valence-corrected chi connectivity index (χ0v) is 15.6. The molecule has 2 aliphatic rings. The third-order valence-electron chi connectivity index (χ3n) is 5.54. The summed E-state index contributed by atoms with van der Waals surface area (Å²) in [5.74, 6) is 0.855. The van der Waals surface area contributed by atoms with Crippen LogP contribution in [0.4, 0.5) is 0 Å². The van der Waals surface area contributed by atoms with Crippen molar-refractivity contribution in [2.24, 2.45) is 5.92 Å². The molecule has 3 N–H and O–H groups in total. The molecule has 8 nitrogen and oxygen atoms in total. The molecule has 1 saturated heterocycles. The van der Waals surface area contributed by atoms with E-state index in [1.807, 2.05) is 6.07 Å². The molecule has 0 spiro atoms. The average Bonchev–Trinajstić information content (AvgIpc) is 3.36. The maximum Gasteiger partial charge on any atom is 0.270 e. The molecular formula is C20H22N6O2. The number of allylic oxidation sites excluding steroid dienone is 1. The summed E-state index contributed by atoms with van der Waals surface area (Å²) in [4.78, 5) is 21.1. The number of rotatable bonds is 4. The summed E-state index contributed by atoms with van der Waals surface area (Å²) >= 11 is 0. The summed E-state index contributed by atoms with van der Waals surface area (Å²) < 4.78 is 5.47. The van der Waals surface area contributed by atoms with Gasteiger partial charge in [0.15, 0.2) is 6.39 Å². The number of nitrogens with one attached hydrogen (secondary N) is 3. The maximum absolute atomic E-state index is 12.9. The summed E-state index contributed by atoms with van der Waals surface area (Å²) in [5, 5.41) is 12.2. The van der Waals surface area contributed by atoms with Crippen LogP contribution in [-0.4, -0.2) is 28.0 Å². The number of hydrogen-bond acceptors (Lipinski definition) is 7. The summed E-state index contributed by atoms with van der Waals surface area (Å²) in [7, 11) is 0. The van der Waals surface area contributed by atoms with Crippen LogP contribution in [0.2, 0.25) is 0 Å². The minimum absolute atomic E-state index is 0.0335. The monoisotopic (exact) mass is 378 g/mol. The summed E-state index contributed by atoms with van der Waals surface area (Å²) in [5.41, 5.74) is 8.65.